The lowest BCUT2D eigenvalue weighted by atomic mass is 10.0. The third-order valence-electron chi connectivity index (χ3n) is 5.40. The van der Waals surface area contributed by atoms with E-state index >= 15 is 0 Å². The van der Waals surface area contributed by atoms with E-state index in [1.165, 1.54) is 0 Å². The lowest BCUT2D eigenvalue weighted by Gasteiger charge is -2.33. The van der Waals surface area contributed by atoms with Crippen LogP contribution in [-0.4, -0.2) is 49.0 Å². The van der Waals surface area contributed by atoms with E-state index in [0.717, 1.165) is 60.9 Å². The second-order valence-electron chi connectivity index (χ2n) is 7.08. The van der Waals surface area contributed by atoms with Crippen molar-refractivity contribution in [3.8, 4) is 0 Å². The lowest BCUT2D eigenvalue weighted by Crippen LogP contribution is -2.44. The van der Waals surface area contributed by atoms with Crippen LogP contribution >= 0.6 is 11.6 Å². The normalized spacial score (nSPS) is 20.1. The minimum Gasteiger partial charge on any atom is -0.368 e. The van der Waals surface area contributed by atoms with Crippen molar-refractivity contribution >= 4 is 29.0 Å². The highest BCUT2D eigenvalue weighted by Gasteiger charge is 2.30. The molecule has 1 N–H and O–H groups in total. The van der Waals surface area contributed by atoms with Crippen molar-refractivity contribution in [1.29, 1.82) is 0 Å². The van der Waals surface area contributed by atoms with Gasteiger partial charge in [0.05, 0.1) is 17.8 Å². The number of aromatic nitrogens is 1. The number of fused-ring (bicyclic) bond motifs is 1. The smallest absolute Gasteiger partial charge is 0.233 e. The number of nitrogens with one attached hydrogen (secondary N) is 1. The molecule has 1 atom stereocenters. The molecule has 6 heteroatoms. The number of benzene rings is 1. The first-order valence-electron chi connectivity index (χ1n) is 9.09. The Morgan fingerprint density at radius 2 is 2.00 bits per heavy atom. The second-order valence-corrected chi connectivity index (χ2v) is 7.49. The topological polar surface area (TPSA) is 48.5 Å². The Balaban J connectivity index is 1.42. The summed E-state index contributed by atoms with van der Waals surface area (Å²) in [6.45, 7) is 4.12. The Bertz CT molecular complexity index is 800. The van der Waals surface area contributed by atoms with Gasteiger partial charge in [-0.2, -0.15) is 0 Å². The zero-order valence-corrected chi connectivity index (χ0v) is 15.7. The SMILES string of the molecule is CN1CCN(c2ccc(NC(=O)C3CCc4c(Cl)cccc43)nc2)CC1. The van der Waals surface area contributed by atoms with Gasteiger partial charge < -0.3 is 15.1 Å². The first kappa shape index (κ1) is 17.3. The zero-order valence-electron chi connectivity index (χ0n) is 14.9. The Morgan fingerprint density at radius 3 is 2.73 bits per heavy atom. The summed E-state index contributed by atoms with van der Waals surface area (Å²) in [7, 11) is 2.14. The van der Waals surface area contributed by atoms with Gasteiger partial charge in [0.25, 0.3) is 0 Å². The maximum atomic E-state index is 12.7. The average Bonchev–Trinajstić information content (AvgIpc) is 3.09. The Kier molecular flexibility index (Phi) is 4.83. The van der Waals surface area contributed by atoms with Crippen molar-refractivity contribution in [2.45, 2.75) is 18.8 Å². The van der Waals surface area contributed by atoms with E-state index in [1.54, 1.807) is 0 Å². The first-order valence-corrected chi connectivity index (χ1v) is 9.47. The molecule has 1 aliphatic carbocycles. The maximum Gasteiger partial charge on any atom is 0.233 e. The quantitative estimate of drug-likeness (QED) is 0.901. The molecule has 1 fully saturated rings. The molecule has 1 saturated heterocycles. The number of likely N-dealkylation sites (N-methyl/N-ethyl adjacent to an activating group) is 1. The van der Waals surface area contributed by atoms with Crippen LogP contribution in [0.1, 0.15) is 23.5 Å². The average molecular weight is 371 g/mol. The van der Waals surface area contributed by atoms with Gasteiger partial charge in [-0.15, -0.1) is 0 Å². The molecule has 1 aliphatic heterocycles. The summed E-state index contributed by atoms with van der Waals surface area (Å²) in [5, 5.41) is 3.72. The van der Waals surface area contributed by atoms with Crippen LogP contribution in [0.5, 0.6) is 0 Å². The largest absolute Gasteiger partial charge is 0.368 e. The van der Waals surface area contributed by atoms with E-state index in [1.807, 2.05) is 36.5 Å². The number of carbonyl (C=O) groups excluding carboxylic acids is 1. The standard InChI is InChI=1S/C20H23ClN4O/c1-24-9-11-25(12-10-24)14-5-8-19(22-13-14)23-20(26)17-7-6-16-15(17)3-2-4-18(16)21/h2-5,8,13,17H,6-7,9-12H2,1H3,(H,22,23,26). The third kappa shape index (κ3) is 3.41. The molecule has 0 bridgehead atoms. The van der Waals surface area contributed by atoms with Gasteiger partial charge in [-0.1, -0.05) is 23.7 Å². The molecule has 5 nitrogen and oxygen atoms in total. The lowest BCUT2D eigenvalue weighted by molar-refractivity contribution is -0.117. The molecule has 0 radical (unpaired) electrons. The van der Waals surface area contributed by atoms with Crippen molar-refractivity contribution in [3.05, 3.63) is 52.7 Å². The highest BCUT2D eigenvalue weighted by atomic mass is 35.5. The summed E-state index contributed by atoms with van der Waals surface area (Å²) in [5.74, 6) is 0.442. The van der Waals surface area contributed by atoms with Crippen LogP contribution in [0.2, 0.25) is 5.02 Å². The predicted molar refractivity (Wildman–Crippen MR) is 105 cm³/mol. The molecule has 2 heterocycles. The molecule has 2 aromatic rings. The van der Waals surface area contributed by atoms with Gasteiger partial charge in [0.2, 0.25) is 5.91 Å². The van der Waals surface area contributed by atoms with Crippen LogP contribution in [0, 0.1) is 0 Å². The van der Waals surface area contributed by atoms with Crippen LogP contribution in [-0.2, 0) is 11.2 Å². The number of amides is 1. The molecule has 1 aromatic carbocycles. The summed E-state index contributed by atoms with van der Waals surface area (Å²) in [6.07, 6.45) is 3.49. The van der Waals surface area contributed by atoms with Gasteiger partial charge in [-0.3, -0.25) is 4.79 Å². The van der Waals surface area contributed by atoms with E-state index in [4.69, 9.17) is 11.6 Å². The Hall–Kier alpha value is -2.11. The fourth-order valence-electron chi connectivity index (χ4n) is 3.81. The van der Waals surface area contributed by atoms with Crippen LogP contribution in [0.25, 0.3) is 0 Å². The summed E-state index contributed by atoms with van der Waals surface area (Å²) in [6, 6.07) is 9.73. The van der Waals surface area contributed by atoms with Crippen molar-refractivity contribution < 1.29 is 4.79 Å². The summed E-state index contributed by atoms with van der Waals surface area (Å²) < 4.78 is 0. The number of carbonyl (C=O) groups is 1. The summed E-state index contributed by atoms with van der Waals surface area (Å²) >= 11 is 6.25. The number of rotatable bonds is 3. The number of piperazine rings is 1. The molecular formula is C20H23ClN4O. The molecule has 1 amide bonds. The van der Waals surface area contributed by atoms with Crippen LogP contribution in [0.15, 0.2) is 36.5 Å². The van der Waals surface area contributed by atoms with Crippen molar-refractivity contribution in [2.24, 2.45) is 0 Å². The number of halogens is 1. The van der Waals surface area contributed by atoms with Gasteiger partial charge in [0.1, 0.15) is 5.82 Å². The van der Waals surface area contributed by atoms with E-state index < -0.39 is 0 Å². The molecule has 1 unspecified atom stereocenters. The highest BCUT2D eigenvalue weighted by molar-refractivity contribution is 6.31. The maximum absolute atomic E-state index is 12.7. The Labute approximate surface area is 159 Å². The van der Waals surface area contributed by atoms with Crippen LogP contribution in [0.4, 0.5) is 11.5 Å². The van der Waals surface area contributed by atoms with Crippen LogP contribution < -0.4 is 10.2 Å². The molecule has 1 aromatic heterocycles. The van der Waals surface area contributed by atoms with E-state index in [-0.39, 0.29) is 11.8 Å². The number of anilines is 2. The summed E-state index contributed by atoms with van der Waals surface area (Å²) in [4.78, 5) is 21.8. The monoisotopic (exact) mass is 370 g/mol. The zero-order chi connectivity index (χ0) is 18.1. The van der Waals surface area contributed by atoms with Crippen molar-refractivity contribution in [3.63, 3.8) is 0 Å². The van der Waals surface area contributed by atoms with E-state index in [9.17, 15) is 4.79 Å². The minimum atomic E-state index is -0.150. The van der Waals surface area contributed by atoms with Crippen molar-refractivity contribution in [2.75, 3.05) is 43.4 Å². The molecule has 0 saturated carbocycles. The minimum absolute atomic E-state index is 0.00846. The number of nitrogens with zero attached hydrogens (tertiary/aromatic N) is 3. The molecular weight excluding hydrogens is 348 g/mol. The van der Waals surface area contributed by atoms with Crippen LogP contribution in [0.3, 0.4) is 0 Å². The molecule has 2 aliphatic rings. The Morgan fingerprint density at radius 1 is 1.19 bits per heavy atom. The highest BCUT2D eigenvalue weighted by Crippen LogP contribution is 2.37. The van der Waals surface area contributed by atoms with E-state index in [0.29, 0.717) is 5.82 Å². The fourth-order valence-corrected chi connectivity index (χ4v) is 4.08. The summed E-state index contributed by atoms with van der Waals surface area (Å²) in [5.41, 5.74) is 3.26. The van der Waals surface area contributed by atoms with Gasteiger partial charge in [-0.25, -0.2) is 4.98 Å². The van der Waals surface area contributed by atoms with Gasteiger partial charge in [0.15, 0.2) is 0 Å². The van der Waals surface area contributed by atoms with E-state index in [2.05, 4.69) is 27.1 Å². The van der Waals surface area contributed by atoms with Gasteiger partial charge in [0, 0.05) is 31.2 Å². The third-order valence-corrected chi connectivity index (χ3v) is 5.75. The first-order chi connectivity index (χ1) is 12.6. The molecule has 26 heavy (non-hydrogen) atoms. The van der Waals surface area contributed by atoms with Gasteiger partial charge >= 0.3 is 0 Å². The van der Waals surface area contributed by atoms with Crippen molar-refractivity contribution in [1.82, 2.24) is 9.88 Å². The molecule has 136 valence electrons. The molecule has 0 spiro atoms. The predicted octanol–water partition coefficient (Wildman–Crippen LogP) is 3.16. The number of hydrogen-bond donors (Lipinski definition) is 1. The van der Waals surface area contributed by atoms with Gasteiger partial charge in [-0.05, 0) is 49.2 Å². The second kappa shape index (κ2) is 7.25. The number of hydrogen-bond acceptors (Lipinski definition) is 4. The molecule has 4 rings (SSSR count). The number of pyridine rings is 1. The fraction of sp³-hybridized carbons (Fsp3) is 0.400.